The van der Waals surface area contributed by atoms with Crippen LogP contribution in [0.2, 0.25) is 0 Å². The monoisotopic (exact) mass is 330 g/mol. The lowest BCUT2D eigenvalue weighted by Crippen LogP contribution is -2.06. The van der Waals surface area contributed by atoms with Gasteiger partial charge in [0.15, 0.2) is 0 Å². The highest BCUT2D eigenvalue weighted by molar-refractivity contribution is 5.53. The van der Waals surface area contributed by atoms with E-state index in [4.69, 9.17) is 0 Å². The molecule has 0 aliphatic carbocycles. The standard InChI is InChI=1S/C19H18N6/c1-2-18-21-12-16(13-22-18)19-20-9-11-24(19)14-15-6-3-4-7-17(15)25-10-5-8-23-25/h3-13H,2,14H2,1H3. The topological polar surface area (TPSA) is 61.4 Å². The van der Waals surface area contributed by atoms with Gasteiger partial charge in [-0.2, -0.15) is 5.10 Å². The molecule has 0 saturated heterocycles. The third-order valence-corrected chi connectivity index (χ3v) is 4.08. The molecule has 0 spiro atoms. The SMILES string of the molecule is CCc1ncc(-c2nccn2Cc2ccccc2-n2cccn2)cn1. The maximum absolute atomic E-state index is 4.49. The number of aromatic nitrogens is 6. The lowest BCUT2D eigenvalue weighted by Gasteiger charge is -2.12. The molecule has 0 aliphatic heterocycles. The van der Waals surface area contributed by atoms with Crippen LogP contribution < -0.4 is 0 Å². The Morgan fingerprint density at radius 3 is 2.52 bits per heavy atom. The van der Waals surface area contributed by atoms with E-state index in [0.717, 1.165) is 34.9 Å². The van der Waals surface area contributed by atoms with Gasteiger partial charge in [0.25, 0.3) is 0 Å². The molecule has 124 valence electrons. The second kappa shape index (κ2) is 6.68. The van der Waals surface area contributed by atoms with Gasteiger partial charge in [-0.1, -0.05) is 25.1 Å². The molecule has 4 aromatic rings. The van der Waals surface area contributed by atoms with E-state index >= 15 is 0 Å². The van der Waals surface area contributed by atoms with Crippen molar-refractivity contribution in [1.82, 2.24) is 29.3 Å². The van der Waals surface area contributed by atoms with Gasteiger partial charge in [-0.05, 0) is 17.7 Å². The van der Waals surface area contributed by atoms with Crippen LogP contribution in [0.25, 0.3) is 17.1 Å². The van der Waals surface area contributed by atoms with Crippen molar-refractivity contribution in [3.63, 3.8) is 0 Å². The highest BCUT2D eigenvalue weighted by Crippen LogP contribution is 2.20. The predicted molar refractivity (Wildman–Crippen MR) is 95.3 cm³/mol. The zero-order valence-electron chi connectivity index (χ0n) is 13.9. The Morgan fingerprint density at radius 2 is 1.76 bits per heavy atom. The van der Waals surface area contributed by atoms with Crippen LogP contribution in [-0.2, 0) is 13.0 Å². The van der Waals surface area contributed by atoms with E-state index in [2.05, 4.69) is 36.8 Å². The fourth-order valence-corrected chi connectivity index (χ4v) is 2.81. The van der Waals surface area contributed by atoms with Gasteiger partial charge in [0, 0.05) is 43.6 Å². The second-order valence-electron chi connectivity index (χ2n) is 5.70. The third kappa shape index (κ3) is 3.06. The number of imidazole rings is 1. The van der Waals surface area contributed by atoms with Crippen LogP contribution in [0.3, 0.4) is 0 Å². The van der Waals surface area contributed by atoms with Crippen LogP contribution >= 0.6 is 0 Å². The van der Waals surface area contributed by atoms with Crippen LogP contribution in [0, 0.1) is 0 Å². The number of nitrogens with zero attached hydrogens (tertiary/aromatic N) is 6. The molecule has 6 heteroatoms. The summed E-state index contributed by atoms with van der Waals surface area (Å²) in [5.41, 5.74) is 3.14. The van der Waals surface area contributed by atoms with Gasteiger partial charge >= 0.3 is 0 Å². The number of hydrogen-bond acceptors (Lipinski definition) is 4. The lowest BCUT2D eigenvalue weighted by molar-refractivity contribution is 0.780. The minimum absolute atomic E-state index is 0.695. The molecule has 0 saturated carbocycles. The highest BCUT2D eigenvalue weighted by atomic mass is 15.3. The van der Waals surface area contributed by atoms with Gasteiger partial charge in [-0.3, -0.25) is 0 Å². The lowest BCUT2D eigenvalue weighted by atomic mass is 10.1. The van der Waals surface area contributed by atoms with Crippen LogP contribution in [0.5, 0.6) is 0 Å². The Morgan fingerprint density at radius 1 is 0.920 bits per heavy atom. The van der Waals surface area contributed by atoms with Crippen LogP contribution in [-0.4, -0.2) is 29.3 Å². The van der Waals surface area contributed by atoms with E-state index in [0.29, 0.717) is 6.54 Å². The maximum atomic E-state index is 4.49. The van der Waals surface area contributed by atoms with Crippen molar-refractivity contribution in [3.8, 4) is 17.1 Å². The molecule has 0 amide bonds. The van der Waals surface area contributed by atoms with Gasteiger partial charge in [0.2, 0.25) is 0 Å². The minimum Gasteiger partial charge on any atom is -0.326 e. The van der Waals surface area contributed by atoms with E-state index < -0.39 is 0 Å². The Bertz CT molecular complexity index is 954. The highest BCUT2D eigenvalue weighted by Gasteiger charge is 2.10. The first-order chi connectivity index (χ1) is 12.3. The molecule has 0 atom stereocenters. The Labute approximate surface area is 145 Å². The molecule has 0 unspecified atom stereocenters. The molecule has 3 aromatic heterocycles. The molecule has 6 nitrogen and oxygen atoms in total. The van der Waals surface area contributed by atoms with Crippen LogP contribution in [0.15, 0.2) is 67.5 Å². The van der Waals surface area contributed by atoms with Crippen molar-refractivity contribution in [2.75, 3.05) is 0 Å². The van der Waals surface area contributed by atoms with Crippen molar-refractivity contribution in [3.05, 3.63) is 78.9 Å². The van der Waals surface area contributed by atoms with Crippen molar-refractivity contribution in [1.29, 1.82) is 0 Å². The molecule has 1 aromatic carbocycles. The molecule has 0 radical (unpaired) electrons. The summed E-state index contributed by atoms with van der Waals surface area (Å²) in [6.07, 6.45) is 12.0. The normalized spacial score (nSPS) is 10.9. The summed E-state index contributed by atoms with van der Waals surface area (Å²) in [6.45, 7) is 2.74. The van der Waals surface area contributed by atoms with Gasteiger partial charge in [0.1, 0.15) is 11.6 Å². The second-order valence-corrected chi connectivity index (χ2v) is 5.70. The summed E-state index contributed by atoms with van der Waals surface area (Å²) < 4.78 is 3.98. The fraction of sp³-hybridized carbons (Fsp3) is 0.158. The summed E-state index contributed by atoms with van der Waals surface area (Å²) in [5.74, 6) is 1.70. The van der Waals surface area contributed by atoms with Gasteiger partial charge < -0.3 is 4.57 Å². The minimum atomic E-state index is 0.695. The predicted octanol–water partition coefficient (Wildman–Crippen LogP) is 3.14. The molecule has 3 heterocycles. The summed E-state index contributed by atoms with van der Waals surface area (Å²) in [4.78, 5) is 13.3. The fourth-order valence-electron chi connectivity index (χ4n) is 2.81. The van der Waals surface area contributed by atoms with Gasteiger partial charge in [-0.15, -0.1) is 0 Å². The maximum Gasteiger partial charge on any atom is 0.143 e. The number of aryl methyl sites for hydroxylation is 1. The smallest absolute Gasteiger partial charge is 0.143 e. The van der Waals surface area contributed by atoms with Crippen molar-refractivity contribution in [2.45, 2.75) is 19.9 Å². The molecular formula is C19H18N6. The third-order valence-electron chi connectivity index (χ3n) is 4.08. The molecule has 0 fully saturated rings. The number of para-hydroxylation sites is 1. The van der Waals surface area contributed by atoms with Gasteiger partial charge in [-0.25, -0.2) is 19.6 Å². The zero-order valence-corrected chi connectivity index (χ0v) is 13.9. The largest absolute Gasteiger partial charge is 0.326 e. The Hall–Kier alpha value is -3.28. The van der Waals surface area contributed by atoms with Gasteiger partial charge in [0.05, 0.1) is 17.8 Å². The average molecular weight is 330 g/mol. The van der Waals surface area contributed by atoms with Crippen molar-refractivity contribution >= 4 is 0 Å². The van der Waals surface area contributed by atoms with Crippen molar-refractivity contribution in [2.24, 2.45) is 0 Å². The quantitative estimate of drug-likeness (QED) is 0.564. The first kappa shape index (κ1) is 15.3. The van der Waals surface area contributed by atoms with E-state index in [1.54, 1.807) is 12.4 Å². The van der Waals surface area contributed by atoms with E-state index in [9.17, 15) is 0 Å². The first-order valence-electron chi connectivity index (χ1n) is 8.25. The van der Waals surface area contributed by atoms with Crippen LogP contribution in [0.4, 0.5) is 0 Å². The molecule has 4 rings (SSSR count). The van der Waals surface area contributed by atoms with E-state index in [1.807, 2.05) is 54.6 Å². The number of rotatable bonds is 5. The van der Waals surface area contributed by atoms with E-state index in [1.165, 1.54) is 0 Å². The molecule has 0 aliphatic rings. The molecule has 0 N–H and O–H groups in total. The van der Waals surface area contributed by atoms with E-state index in [-0.39, 0.29) is 0 Å². The Kier molecular flexibility index (Phi) is 4.08. The van der Waals surface area contributed by atoms with Crippen LogP contribution in [0.1, 0.15) is 18.3 Å². The zero-order chi connectivity index (χ0) is 17.1. The Balaban J connectivity index is 1.68. The van der Waals surface area contributed by atoms with Crippen molar-refractivity contribution < 1.29 is 0 Å². The average Bonchev–Trinajstić information content (AvgIpc) is 3.34. The summed E-state index contributed by atoms with van der Waals surface area (Å²) in [5, 5.41) is 4.35. The summed E-state index contributed by atoms with van der Waals surface area (Å²) >= 11 is 0. The molecule has 25 heavy (non-hydrogen) atoms. The first-order valence-corrected chi connectivity index (χ1v) is 8.25. The number of benzene rings is 1. The summed E-state index contributed by atoms with van der Waals surface area (Å²) in [7, 11) is 0. The summed E-state index contributed by atoms with van der Waals surface area (Å²) in [6, 6.07) is 10.2. The molecular weight excluding hydrogens is 312 g/mol. The number of hydrogen-bond donors (Lipinski definition) is 0. The molecule has 0 bridgehead atoms.